The van der Waals surface area contributed by atoms with E-state index in [1.54, 1.807) is 12.1 Å². The molecule has 0 aliphatic rings. The summed E-state index contributed by atoms with van der Waals surface area (Å²) in [5, 5.41) is 14.3. The average Bonchev–Trinajstić information content (AvgIpc) is 2.75. The van der Waals surface area contributed by atoms with Crippen molar-refractivity contribution in [3.8, 4) is 23.4 Å². The van der Waals surface area contributed by atoms with Crippen molar-refractivity contribution in [2.45, 2.75) is 32.5 Å². The zero-order valence-electron chi connectivity index (χ0n) is 18.5. The average molecular weight is 470 g/mol. The smallest absolute Gasteiger partial charge is 0.437 e. The Hall–Kier alpha value is -4.26. The summed E-state index contributed by atoms with van der Waals surface area (Å²) in [6.07, 6.45) is -4.81. The number of nitrogens with one attached hydrogen (secondary N) is 2. The largest absolute Gasteiger partial charge is 0.573 e. The molecule has 0 atom stereocenters. The first-order valence-corrected chi connectivity index (χ1v) is 10.1. The number of urea groups is 1. The Balaban J connectivity index is 1.79. The number of ether oxygens (including phenoxy) is 2. The van der Waals surface area contributed by atoms with Crippen molar-refractivity contribution >= 4 is 17.4 Å². The van der Waals surface area contributed by atoms with Gasteiger partial charge < -0.3 is 20.1 Å². The summed E-state index contributed by atoms with van der Waals surface area (Å²) in [6.45, 7) is 6.06. The number of hydrogen-bond acceptors (Lipinski definition) is 5. The summed E-state index contributed by atoms with van der Waals surface area (Å²) in [7, 11) is 0. The number of pyridine rings is 1. The summed E-state index contributed by atoms with van der Waals surface area (Å²) in [5.74, 6) is 0.115. The molecule has 176 valence electrons. The highest BCUT2D eigenvalue weighted by Crippen LogP contribution is 2.36. The molecule has 3 rings (SSSR count). The van der Waals surface area contributed by atoms with Crippen LogP contribution in [0.25, 0.3) is 0 Å². The second kappa shape index (κ2) is 9.70. The van der Waals surface area contributed by atoms with Crippen LogP contribution in [-0.4, -0.2) is 17.4 Å². The summed E-state index contributed by atoms with van der Waals surface area (Å²) in [6, 6.07) is 16.1. The Labute approximate surface area is 194 Å². The number of carbonyl (C=O) groups is 1. The molecule has 2 N–H and O–H groups in total. The molecule has 0 unspecified atom stereocenters. The zero-order chi connectivity index (χ0) is 24.9. The van der Waals surface area contributed by atoms with Gasteiger partial charge in [-0.3, -0.25) is 0 Å². The van der Waals surface area contributed by atoms with E-state index < -0.39 is 18.1 Å². The molecule has 7 nitrogen and oxygen atoms in total. The van der Waals surface area contributed by atoms with Gasteiger partial charge in [0.25, 0.3) is 0 Å². The molecular formula is C24H21F3N4O3. The van der Waals surface area contributed by atoms with Gasteiger partial charge in [0.15, 0.2) is 0 Å². The second-order valence-electron chi connectivity index (χ2n) is 8.16. The van der Waals surface area contributed by atoms with Crippen LogP contribution in [0.3, 0.4) is 0 Å². The van der Waals surface area contributed by atoms with Gasteiger partial charge in [0, 0.05) is 11.3 Å². The fraction of sp³-hybridized carbons (Fsp3) is 0.208. The second-order valence-corrected chi connectivity index (χ2v) is 8.16. The van der Waals surface area contributed by atoms with E-state index in [0.717, 1.165) is 17.7 Å². The van der Waals surface area contributed by atoms with Gasteiger partial charge in [0.2, 0.25) is 5.88 Å². The number of halogens is 3. The lowest BCUT2D eigenvalue weighted by Gasteiger charge is -2.22. The summed E-state index contributed by atoms with van der Waals surface area (Å²) in [4.78, 5) is 16.7. The highest BCUT2D eigenvalue weighted by Gasteiger charge is 2.31. The SMILES string of the molecule is CC(C)(C)c1ccccc1Oc1nc(C#N)ccc1NC(=O)Nc1ccc(OC(F)(F)F)cc1. The van der Waals surface area contributed by atoms with E-state index in [4.69, 9.17) is 4.74 Å². The van der Waals surface area contributed by atoms with Crippen molar-refractivity contribution in [1.82, 2.24) is 4.98 Å². The van der Waals surface area contributed by atoms with E-state index in [-0.39, 0.29) is 28.4 Å². The maximum absolute atomic E-state index is 12.5. The molecule has 0 saturated carbocycles. The van der Waals surface area contributed by atoms with Crippen LogP contribution < -0.4 is 20.1 Å². The molecule has 2 aromatic carbocycles. The Bertz CT molecular complexity index is 1210. The van der Waals surface area contributed by atoms with Gasteiger partial charge in [0.1, 0.15) is 28.9 Å². The van der Waals surface area contributed by atoms with E-state index in [1.807, 2.05) is 39.0 Å². The molecular weight excluding hydrogens is 449 g/mol. The number of aromatic nitrogens is 1. The van der Waals surface area contributed by atoms with Gasteiger partial charge in [-0.15, -0.1) is 13.2 Å². The number of nitrogens with zero attached hydrogens (tertiary/aromatic N) is 2. The topological polar surface area (TPSA) is 96.3 Å². The lowest BCUT2D eigenvalue weighted by atomic mass is 9.86. The number of alkyl halides is 3. The van der Waals surface area contributed by atoms with Crippen LogP contribution in [0.4, 0.5) is 29.3 Å². The summed E-state index contributed by atoms with van der Waals surface area (Å²) >= 11 is 0. The third-order valence-electron chi connectivity index (χ3n) is 4.47. The predicted molar refractivity (Wildman–Crippen MR) is 120 cm³/mol. The fourth-order valence-electron chi connectivity index (χ4n) is 2.98. The number of para-hydroxylation sites is 1. The molecule has 0 spiro atoms. The van der Waals surface area contributed by atoms with Crippen molar-refractivity contribution in [2.75, 3.05) is 10.6 Å². The van der Waals surface area contributed by atoms with Crippen LogP contribution in [0.15, 0.2) is 60.7 Å². The lowest BCUT2D eigenvalue weighted by Crippen LogP contribution is -2.20. The number of rotatable bonds is 5. The molecule has 0 bridgehead atoms. The molecule has 34 heavy (non-hydrogen) atoms. The Morgan fingerprint density at radius 3 is 2.26 bits per heavy atom. The molecule has 0 radical (unpaired) electrons. The standard InChI is InChI=1S/C24H21F3N4O3/c1-23(2,3)18-6-4-5-7-20(18)33-21-19(13-10-16(14-28)29-21)31-22(32)30-15-8-11-17(12-9-15)34-24(25,26)27/h4-13H,1-3H3,(H2,30,31,32). The number of hydrogen-bond donors (Lipinski definition) is 2. The van der Waals surface area contributed by atoms with Crippen molar-refractivity contribution in [2.24, 2.45) is 0 Å². The first-order valence-electron chi connectivity index (χ1n) is 10.1. The third-order valence-corrected chi connectivity index (χ3v) is 4.47. The van der Waals surface area contributed by atoms with Gasteiger partial charge in [-0.2, -0.15) is 5.26 Å². The van der Waals surface area contributed by atoms with E-state index in [0.29, 0.717) is 5.75 Å². The molecule has 2 amide bonds. The number of anilines is 2. The minimum atomic E-state index is -4.81. The van der Waals surface area contributed by atoms with E-state index in [2.05, 4.69) is 20.4 Å². The van der Waals surface area contributed by atoms with Crippen molar-refractivity contribution < 1.29 is 27.4 Å². The molecule has 0 saturated heterocycles. The predicted octanol–water partition coefficient (Wildman–Crippen LogP) is 6.59. The minimum absolute atomic E-state index is 0.0137. The van der Waals surface area contributed by atoms with Gasteiger partial charge in [0.05, 0.1) is 0 Å². The highest BCUT2D eigenvalue weighted by atomic mass is 19.4. The first-order chi connectivity index (χ1) is 15.9. The van der Waals surface area contributed by atoms with Crippen LogP contribution in [-0.2, 0) is 5.41 Å². The normalized spacial score (nSPS) is 11.3. The monoisotopic (exact) mass is 470 g/mol. The van der Waals surface area contributed by atoms with Gasteiger partial charge in [-0.1, -0.05) is 39.0 Å². The summed E-state index contributed by atoms with van der Waals surface area (Å²) < 4.78 is 46.7. The van der Waals surface area contributed by atoms with Crippen molar-refractivity contribution in [1.29, 1.82) is 5.26 Å². The number of carbonyl (C=O) groups excluding carboxylic acids is 1. The van der Waals surface area contributed by atoms with Crippen molar-refractivity contribution in [3.63, 3.8) is 0 Å². The molecule has 1 aromatic heterocycles. The number of amides is 2. The molecule has 0 aliphatic heterocycles. The van der Waals surface area contributed by atoms with Gasteiger partial charge >= 0.3 is 12.4 Å². The van der Waals surface area contributed by atoms with Gasteiger partial charge in [-0.25, -0.2) is 9.78 Å². The van der Waals surface area contributed by atoms with Crippen LogP contribution in [0.2, 0.25) is 0 Å². The Morgan fingerprint density at radius 2 is 1.65 bits per heavy atom. The van der Waals surface area contributed by atoms with Crippen LogP contribution in [0, 0.1) is 11.3 Å². The van der Waals surface area contributed by atoms with Crippen LogP contribution >= 0.6 is 0 Å². The van der Waals surface area contributed by atoms with E-state index >= 15 is 0 Å². The molecule has 0 aliphatic carbocycles. The van der Waals surface area contributed by atoms with Crippen LogP contribution in [0.5, 0.6) is 17.4 Å². The lowest BCUT2D eigenvalue weighted by molar-refractivity contribution is -0.274. The summed E-state index contributed by atoms with van der Waals surface area (Å²) in [5.41, 5.74) is 1.17. The van der Waals surface area contributed by atoms with E-state index in [9.17, 15) is 23.2 Å². The third kappa shape index (κ3) is 6.62. The molecule has 1 heterocycles. The fourth-order valence-corrected chi connectivity index (χ4v) is 2.98. The highest BCUT2D eigenvalue weighted by molar-refractivity contribution is 6.00. The molecule has 0 fully saturated rings. The molecule has 3 aromatic rings. The quantitative estimate of drug-likeness (QED) is 0.439. The van der Waals surface area contributed by atoms with Gasteiger partial charge in [-0.05, 0) is 47.9 Å². The van der Waals surface area contributed by atoms with Crippen LogP contribution in [0.1, 0.15) is 32.0 Å². The zero-order valence-corrected chi connectivity index (χ0v) is 18.5. The maximum Gasteiger partial charge on any atom is 0.573 e. The Morgan fingerprint density at radius 1 is 0.971 bits per heavy atom. The van der Waals surface area contributed by atoms with Crippen molar-refractivity contribution in [3.05, 3.63) is 71.9 Å². The van der Waals surface area contributed by atoms with E-state index in [1.165, 1.54) is 24.3 Å². The minimum Gasteiger partial charge on any atom is -0.437 e. The first kappa shape index (κ1) is 24.4. The number of benzene rings is 2. The number of nitriles is 1. The maximum atomic E-state index is 12.5. The molecule has 10 heteroatoms. The Kier molecular flexibility index (Phi) is 6.96.